The van der Waals surface area contributed by atoms with E-state index in [0.717, 1.165) is 0 Å². The molecule has 0 radical (unpaired) electrons. The predicted molar refractivity (Wildman–Crippen MR) is 35.9 cm³/mol. The van der Waals surface area contributed by atoms with Gasteiger partial charge in [-0.15, -0.1) is 0 Å². The van der Waals surface area contributed by atoms with Crippen LogP contribution < -0.4 is 5.32 Å². The summed E-state index contributed by atoms with van der Waals surface area (Å²) in [5.74, 6) is -2.11. The maximum absolute atomic E-state index is 11.5. The van der Waals surface area contributed by atoms with Crippen LogP contribution in [0.2, 0.25) is 0 Å². The van der Waals surface area contributed by atoms with Crippen LogP contribution in [-0.2, 0) is 9.53 Å². The summed E-state index contributed by atoms with van der Waals surface area (Å²) < 4.78 is 61.6. The zero-order chi connectivity index (χ0) is 11.2. The molecule has 0 aliphatic carbocycles. The summed E-state index contributed by atoms with van der Waals surface area (Å²) in [5, 5.41) is 1.46. The molecule has 0 bridgehead atoms. The normalized spacial score (nSPS) is 11.9. The average Bonchev–Trinajstić information content (AvgIpc) is 2.01. The van der Waals surface area contributed by atoms with Gasteiger partial charge in [-0.1, -0.05) is 0 Å². The number of amides is 1. The van der Waals surface area contributed by atoms with E-state index in [9.17, 15) is 26.7 Å². The van der Waals surface area contributed by atoms with Gasteiger partial charge in [0.25, 0.3) is 6.43 Å². The number of carbonyl (C=O) groups excluding carboxylic acids is 1. The fourth-order valence-electron chi connectivity index (χ4n) is 0.509. The highest BCUT2D eigenvalue weighted by atomic mass is 19.4. The number of alkyl halides is 5. The molecule has 1 amide bonds. The van der Waals surface area contributed by atoms with Gasteiger partial charge < -0.3 is 10.1 Å². The molecule has 0 fully saturated rings. The molecular formula is C6H8F5NO2. The molecule has 0 aromatic carbocycles. The Morgan fingerprint density at radius 3 is 2.36 bits per heavy atom. The average molecular weight is 221 g/mol. The molecule has 3 nitrogen and oxygen atoms in total. The standard InChI is InChI=1S/C6H8F5NO2/c7-4(8)3-14-2-1-12-5(13)6(9,10)11/h4H,1-3H2,(H,12,13). The van der Waals surface area contributed by atoms with Gasteiger partial charge in [-0.2, -0.15) is 13.2 Å². The second-order valence-electron chi connectivity index (χ2n) is 2.22. The fourth-order valence-corrected chi connectivity index (χ4v) is 0.509. The third kappa shape index (κ3) is 6.58. The van der Waals surface area contributed by atoms with Gasteiger partial charge >= 0.3 is 12.1 Å². The fraction of sp³-hybridized carbons (Fsp3) is 0.833. The lowest BCUT2D eigenvalue weighted by molar-refractivity contribution is -0.173. The third-order valence-electron chi connectivity index (χ3n) is 1.03. The largest absolute Gasteiger partial charge is 0.471 e. The Labute approximate surface area is 76.2 Å². The highest BCUT2D eigenvalue weighted by molar-refractivity contribution is 5.81. The number of hydrogen-bond donors (Lipinski definition) is 1. The number of nitrogens with one attached hydrogen (secondary N) is 1. The van der Waals surface area contributed by atoms with Crippen LogP contribution in [0.1, 0.15) is 0 Å². The molecule has 0 aliphatic heterocycles. The van der Waals surface area contributed by atoms with Crippen LogP contribution in [0.25, 0.3) is 0 Å². The van der Waals surface area contributed by atoms with E-state index in [1.54, 1.807) is 0 Å². The molecule has 0 spiro atoms. The molecule has 14 heavy (non-hydrogen) atoms. The molecule has 84 valence electrons. The Balaban J connectivity index is 3.42. The van der Waals surface area contributed by atoms with Crippen LogP contribution >= 0.6 is 0 Å². The first-order chi connectivity index (χ1) is 6.34. The molecule has 0 saturated carbocycles. The van der Waals surface area contributed by atoms with Crippen molar-refractivity contribution in [1.82, 2.24) is 5.32 Å². The van der Waals surface area contributed by atoms with Crippen molar-refractivity contribution in [2.75, 3.05) is 19.8 Å². The summed E-state index contributed by atoms with van der Waals surface area (Å²) in [7, 11) is 0. The van der Waals surface area contributed by atoms with Crippen LogP contribution in [-0.4, -0.2) is 38.3 Å². The molecule has 0 heterocycles. The minimum atomic E-state index is -4.96. The first-order valence-electron chi connectivity index (χ1n) is 3.55. The van der Waals surface area contributed by atoms with Gasteiger partial charge in [0.05, 0.1) is 6.61 Å². The summed E-state index contributed by atoms with van der Waals surface area (Å²) in [6, 6.07) is 0. The van der Waals surface area contributed by atoms with Gasteiger partial charge in [-0.3, -0.25) is 4.79 Å². The Kier molecular flexibility index (Phi) is 5.36. The summed E-state index contributed by atoms with van der Waals surface area (Å²) >= 11 is 0. The lowest BCUT2D eigenvalue weighted by Crippen LogP contribution is -2.38. The second-order valence-corrected chi connectivity index (χ2v) is 2.22. The van der Waals surface area contributed by atoms with Crippen molar-refractivity contribution in [2.45, 2.75) is 12.6 Å². The third-order valence-corrected chi connectivity index (χ3v) is 1.03. The van der Waals surface area contributed by atoms with Crippen LogP contribution in [0.5, 0.6) is 0 Å². The minimum Gasteiger partial charge on any atom is -0.374 e. The van der Waals surface area contributed by atoms with Gasteiger partial charge in [-0.25, -0.2) is 8.78 Å². The summed E-state index contributed by atoms with van der Waals surface area (Å²) in [5.41, 5.74) is 0. The van der Waals surface area contributed by atoms with Gasteiger partial charge in [0.1, 0.15) is 6.61 Å². The number of hydrogen-bond acceptors (Lipinski definition) is 2. The number of halogens is 5. The van der Waals surface area contributed by atoms with Crippen molar-refractivity contribution in [2.24, 2.45) is 0 Å². The number of rotatable bonds is 5. The molecule has 0 aromatic rings. The zero-order valence-electron chi connectivity index (χ0n) is 6.90. The minimum absolute atomic E-state index is 0.383. The molecule has 0 saturated heterocycles. The molecule has 0 atom stereocenters. The Bertz CT molecular complexity index is 182. The second kappa shape index (κ2) is 5.74. The Morgan fingerprint density at radius 1 is 1.36 bits per heavy atom. The topological polar surface area (TPSA) is 38.3 Å². The Morgan fingerprint density at radius 2 is 1.93 bits per heavy atom. The van der Waals surface area contributed by atoms with Crippen LogP contribution in [0.15, 0.2) is 0 Å². The number of carbonyl (C=O) groups is 1. The van der Waals surface area contributed by atoms with Crippen LogP contribution in [0.3, 0.4) is 0 Å². The van der Waals surface area contributed by atoms with Crippen molar-refractivity contribution >= 4 is 5.91 Å². The van der Waals surface area contributed by atoms with Gasteiger partial charge in [0, 0.05) is 6.54 Å². The zero-order valence-corrected chi connectivity index (χ0v) is 6.90. The predicted octanol–water partition coefficient (Wildman–Crippen LogP) is 0.947. The van der Waals surface area contributed by atoms with E-state index in [-0.39, 0.29) is 6.61 Å². The summed E-state index contributed by atoms with van der Waals surface area (Å²) in [4.78, 5) is 10.1. The van der Waals surface area contributed by atoms with E-state index in [4.69, 9.17) is 0 Å². The van der Waals surface area contributed by atoms with Gasteiger partial charge in [0.2, 0.25) is 0 Å². The first kappa shape index (κ1) is 13.1. The van der Waals surface area contributed by atoms with Gasteiger partial charge in [-0.05, 0) is 0 Å². The van der Waals surface area contributed by atoms with E-state index < -0.39 is 31.7 Å². The molecule has 1 N–H and O–H groups in total. The van der Waals surface area contributed by atoms with Crippen molar-refractivity contribution in [3.8, 4) is 0 Å². The van der Waals surface area contributed by atoms with E-state index in [1.165, 1.54) is 5.32 Å². The van der Waals surface area contributed by atoms with Crippen LogP contribution in [0, 0.1) is 0 Å². The van der Waals surface area contributed by atoms with E-state index >= 15 is 0 Å². The van der Waals surface area contributed by atoms with Crippen molar-refractivity contribution < 1.29 is 31.5 Å². The van der Waals surface area contributed by atoms with E-state index in [2.05, 4.69) is 4.74 Å². The monoisotopic (exact) mass is 221 g/mol. The summed E-state index contributed by atoms with van der Waals surface area (Å²) in [6.45, 7) is -1.70. The highest BCUT2D eigenvalue weighted by Gasteiger charge is 2.38. The van der Waals surface area contributed by atoms with Crippen molar-refractivity contribution in [3.05, 3.63) is 0 Å². The SMILES string of the molecule is O=C(NCCOCC(F)F)C(F)(F)F. The van der Waals surface area contributed by atoms with Gasteiger partial charge in [0.15, 0.2) is 0 Å². The quantitative estimate of drug-likeness (QED) is 0.554. The molecule has 8 heteroatoms. The molecule has 0 unspecified atom stereocenters. The molecule has 0 aliphatic rings. The molecular weight excluding hydrogens is 213 g/mol. The van der Waals surface area contributed by atoms with E-state index in [0.29, 0.717) is 0 Å². The smallest absolute Gasteiger partial charge is 0.374 e. The van der Waals surface area contributed by atoms with Crippen molar-refractivity contribution in [3.63, 3.8) is 0 Å². The van der Waals surface area contributed by atoms with Crippen LogP contribution in [0.4, 0.5) is 22.0 Å². The number of ether oxygens (including phenoxy) is 1. The molecule has 0 rings (SSSR count). The van der Waals surface area contributed by atoms with Crippen molar-refractivity contribution in [1.29, 1.82) is 0 Å². The lowest BCUT2D eigenvalue weighted by atomic mass is 10.5. The highest BCUT2D eigenvalue weighted by Crippen LogP contribution is 2.13. The maximum Gasteiger partial charge on any atom is 0.471 e. The molecule has 0 aromatic heterocycles. The maximum atomic E-state index is 11.5. The van der Waals surface area contributed by atoms with E-state index in [1.807, 2.05) is 0 Å². The Hall–Kier alpha value is -0.920. The first-order valence-corrected chi connectivity index (χ1v) is 3.55. The summed E-state index contributed by atoms with van der Waals surface area (Å²) in [6.07, 6.45) is -7.63. The lowest BCUT2D eigenvalue weighted by Gasteiger charge is -2.07.